The molecule has 6 heteroatoms. The largest absolute Gasteiger partial charge is 0.366 e. The first-order valence-electron chi connectivity index (χ1n) is 8.93. The lowest BCUT2D eigenvalue weighted by Gasteiger charge is -2.32. The van der Waals surface area contributed by atoms with Gasteiger partial charge in [-0.25, -0.2) is 0 Å². The highest BCUT2D eigenvalue weighted by atomic mass is 32.1. The van der Waals surface area contributed by atoms with Gasteiger partial charge in [0, 0.05) is 30.4 Å². The fourth-order valence-corrected chi connectivity index (χ4v) is 4.31. The fraction of sp³-hybridized carbons (Fsp3) is 0.350. The third-order valence-electron chi connectivity index (χ3n) is 5.07. The van der Waals surface area contributed by atoms with Crippen LogP contribution < -0.4 is 0 Å². The second kappa shape index (κ2) is 7.03. The van der Waals surface area contributed by atoms with Crippen molar-refractivity contribution in [1.29, 1.82) is 0 Å². The lowest BCUT2D eigenvalue weighted by molar-refractivity contribution is -0.138. The quantitative estimate of drug-likeness (QED) is 0.779. The second-order valence-corrected chi connectivity index (χ2v) is 7.88. The van der Waals surface area contributed by atoms with Crippen LogP contribution in [0, 0.1) is 5.92 Å². The predicted octanol–water partition coefficient (Wildman–Crippen LogP) is 3.16. The minimum absolute atomic E-state index is 0.184. The van der Waals surface area contributed by atoms with Gasteiger partial charge in [-0.05, 0) is 41.8 Å². The van der Waals surface area contributed by atoms with Gasteiger partial charge in [-0.1, -0.05) is 19.1 Å². The van der Waals surface area contributed by atoms with E-state index in [4.69, 9.17) is 0 Å². The van der Waals surface area contributed by atoms with Crippen molar-refractivity contribution in [3.63, 3.8) is 0 Å². The summed E-state index contributed by atoms with van der Waals surface area (Å²) in [5, 5.41) is 1.94. The summed E-state index contributed by atoms with van der Waals surface area (Å²) in [7, 11) is 0. The van der Waals surface area contributed by atoms with Gasteiger partial charge in [0.25, 0.3) is 11.8 Å². The number of carbonyl (C=O) groups is 2. The van der Waals surface area contributed by atoms with Gasteiger partial charge >= 0.3 is 0 Å². The van der Waals surface area contributed by atoms with E-state index in [0.717, 1.165) is 36.4 Å². The molecule has 1 saturated heterocycles. The number of imide groups is 1. The highest BCUT2D eigenvalue weighted by Crippen LogP contribution is 2.36. The molecule has 5 nitrogen and oxygen atoms in total. The number of hydrogen-bond donors (Lipinski definition) is 0. The van der Waals surface area contributed by atoms with Crippen LogP contribution in [0.1, 0.15) is 30.2 Å². The molecule has 0 spiro atoms. The molecule has 4 heterocycles. The SMILES string of the molecule is CC1CCN(C2=C(c3cccs3)C(=O)N(Cc3cccnc3)C2=O)CC1. The number of carbonyl (C=O) groups excluding carboxylic acids is 2. The number of pyridine rings is 1. The molecule has 0 N–H and O–H groups in total. The lowest BCUT2D eigenvalue weighted by atomic mass is 9.98. The third-order valence-corrected chi connectivity index (χ3v) is 5.96. The molecule has 0 unspecified atom stereocenters. The van der Waals surface area contributed by atoms with Gasteiger partial charge < -0.3 is 4.90 Å². The average molecular weight is 367 g/mol. The van der Waals surface area contributed by atoms with E-state index in [1.54, 1.807) is 12.4 Å². The Morgan fingerprint density at radius 3 is 2.62 bits per heavy atom. The summed E-state index contributed by atoms with van der Waals surface area (Å²) in [5.41, 5.74) is 1.99. The zero-order chi connectivity index (χ0) is 18.1. The molecule has 26 heavy (non-hydrogen) atoms. The topological polar surface area (TPSA) is 53.5 Å². The first kappa shape index (κ1) is 17.0. The van der Waals surface area contributed by atoms with Crippen molar-refractivity contribution in [1.82, 2.24) is 14.8 Å². The maximum absolute atomic E-state index is 13.2. The minimum atomic E-state index is -0.199. The van der Waals surface area contributed by atoms with Crippen LogP contribution in [0.4, 0.5) is 0 Å². The van der Waals surface area contributed by atoms with Crippen molar-refractivity contribution < 1.29 is 9.59 Å². The lowest BCUT2D eigenvalue weighted by Crippen LogP contribution is -2.38. The minimum Gasteiger partial charge on any atom is -0.366 e. The van der Waals surface area contributed by atoms with Crippen molar-refractivity contribution in [3.05, 3.63) is 58.2 Å². The first-order chi connectivity index (χ1) is 12.6. The second-order valence-electron chi connectivity index (χ2n) is 6.93. The molecule has 2 aromatic rings. The van der Waals surface area contributed by atoms with Crippen molar-refractivity contribution in [3.8, 4) is 0 Å². The van der Waals surface area contributed by atoms with E-state index < -0.39 is 0 Å². The summed E-state index contributed by atoms with van der Waals surface area (Å²) in [5.74, 6) is 0.280. The summed E-state index contributed by atoms with van der Waals surface area (Å²) in [4.78, 5) is 34.8. The highest BCUT2D eigenvalue weighted by Gasteiger charge is 2.42. The average Bonchev–Trinajstić information content (AvgIpc) is 3.26. The summed E-state index contributed by atoms with van der Waals surface area (Å²) < 4.78 is 0. The van der Waals surface area contributed by atoms with E-state index >= 15 is 0 Å². The van der Waals surface area contributed by atoms with Gasteiger partial charge in [-0.15, -0.1) is 11.3 Å². The Morgan fingerprint density at radius 1 is 1.15 bits per heavy atom. The molecule has 0 aromatic carbocycles. The highest BCUT2D eigenvalue weighted by molar-refractivity contribution is 7.11. The van der Waals surface area contributed by atoms with Crippen molar-refractivity contribution in [2.45, 2.75) is 26.3 Å². The maximum atomic E-state index is 13.2. The molecule has 4 rings (SSSR count). The molecule has 0 radical (unpaired) electrons. The van der Waals surface area contributed by atoms with Gasteiger partial charge in [0.15, 0.2) is 0 Å². The number of thiophene rings is 1. The van der Waals surface area contributed by atoms with Gasteiger partial charge in [-0.3, -0.25) is 19.5 Å². The summed E-state index contributed by atoms with van der Waals surface area (Å²) in [6, 6.07) is 7.55. The maximum Gasteiger partial charge on any atom is 0.278 e. The third kappa shape index (κ3) is 3.05. The molecule has 2 amide bonds. The zero-order valence-corrected chi connectivity index (χ0v) is 15.5. The Balaban J connectivity index is 1.69. The van der Waals surface area contributed by atoms with Crippen LogP contribution in [0.2, 0.25) is 0 Å². The molecule has 1 fully saturated rings. The molecule has 0 atom stereocenters. The predicted molar refractivity (Wildman–Crippen MR) is 101 cm³/mol. The molecule has 0 bridgehead atoms. The Labute approximate surface area is 157 Å². The summed E-state index contributed by atoms with van der Waals surface area (Å²) in [6.07, 6.45) is 5.48. The van der Waals surface area contributed by atoms with Crippen molar-refractivity contribution in [2.24, 2.45) is 5.92 Å². The van der Waals surface area contributed by atoms with E-state index in [1.165, 1.54) is 16.2 Å². The summed E-state index contributed by atoms with van der Waals surface area (Å²) >= 11 is 1.51. The molecule has 0 saturated carbocycles. The van der Waals surface area contributed by atoms with Gasteiger partial charge in [-0.2, -0.15) is 0 Å². The van der Waals surface area contributed by atoms with E-state index in [9.17, 15) is 9.59 Å². The number of aromatic nitrogens is 1. The van der Waals surface area contributed by atoms with Crippen LogP contribution >= 0.6 is 11.3 Å². The number of rotatable bonds is 4. The van der Waals surface area contributed by atoms with Crippen LogP contribution in [-0.2, 0) is 16.1 Å². The van der Waals surface area contributed by atoms with Crippen LogP contribution in [0.5, 0.6) is 0 Å². The smallest absolute Gasteiger partial charge is 0.278 e. The Bertz CT molecular complexity index is 837. The van der Waals surface area contributed by atoms with Crippen LogP contribution in [0.25, 0.3) is 5.57 Å². The van der Waals surface area contributed by atoms with Crippen molar-refractivity contribution in [2.75, 3.05) is 13.1 Å². The molecule has 134 valence electrons. The van der Waals surface area contributed by atoms with E-state index in [2.05, 4.69) is 16.8 Å². The van der Waals surface area contributed by atoms with E-state index in [-0.39, 0.29) is 18.4 Å². The molecule has 2 aliphatic rings. The Hall–Kier alpha value is -2.47. The number of amides is 2. The first-order valence-corrected chi connectivity index (χ1v) is 9.81. The van der Waals surface area contributed by atoms with Crippen LogP contribution in [-0.4, -0.2) is 39.7 Å². The summed E-state index contributed by atoms with van der Waals surface area (Å²) in [6.45, 7) is 4.15. The monoisotopic (exact) mass is 367 g/mol. The van der Waals surface area contributed by atoms with E-state index in [1.807, 2.05) is 29.6 Å². The molecule has 2 aromatic heterocycles. The molecular formula is C20H21N3O2S. The Kier molecular flexibility index (Phi) is 4.59. The number of piperidine rings is 1. The molecular weight excluding hydrogens is 346 g/mol. The van der Waals surface area contributed by atoms with Gasteiger partial charge in [0.05, 0.1) is 12.1 Å². The Morgan fingerprint density at radius 2 is 1.96 bits per heavy atom. The number of likely N-dealkylation sites (tertiary alicyclic amines) is 1. The van der Waals surface area contributed by atoms with Gasteiger partial charge in [0.1, 0.15) is 5.70 Å². The molecule has 2 aliphatic heterocycles. The van der Waals surface area contributed by atoms with Crippen molar-refractivity contribution >= 4 is 28.7 Å². The number of nitrogens with zero attached hydrogens (tertiary/aromatic N) is 3. The van der Waals surface area contributed by atoms with Crippen LogP contribution in [0.15, 0.2) is 47.7 Å². The van der Waals surface area contributed by atoms with Crippen LogP contribution in [0.3, 0.4) is 0 Å². The zero-order valence-electron chi connectivity index (χ0n) is 14.7. The molecule has 0 aliphatic carbocycles. The normalized spacial score (nSPS) is 19.0. The standard InChI is InChI=1S/C20H21N3O2S/c1-14-6-9-22(10-7-14)18-17(16-5-3-11-26-16)19(24)23(20(18)25)13-15-4-2-8-21-12-15/h2-5,8,11-12,14H,6-7,9-10,13H2,1H3. The number of hydrogen-bond acceptors (Lipinski definition) is 5. The van der Waals surface area contributed by atoms with Gasteiger partial charge in [0.2, 0.25) is 0 Å². The van der Waals surface area contributed by atoms with E-state index in [0.29, 0.717) is 17.2 Å². The fourth-order valence-electron chi connectivity index (χ4n) is 3.55.